The third-order valence-electron chi connectivity index (χ3n) is 4.24. The number of carbonyl (C=O) groups excluding carboxylic acids is 1. The molecule has 0 fully saturated rings. The number of esters is 1. The molecule has 0 aromatic heterocycles. The number of hydrogen-bond donors (Lipinski definition) is 0. The van der Waals surface area contributed by atoms with Crippen LogP contribution in [0.3, 0.4) is 0 Å². The van der Waals surface area contributed by atoms with E-state index in [1.54, 1.807) is 50.6 Å². The van der Waals surface area contributed by atoms with E-state index in [9.17, 15) is 4.79 Å². The number of cyclic esters (lactones) is 1. The van der Waals surface area contributed by atoms with Crippen LogP contribution in [-0.2, 0) is 9.53 Å². The van der Waals surface area contributed by atoms with Crippen LogP contribution < -0.4 is 23.7 Å². The first-order chi connectivity index (χ1) is 14.0. The Morgan fingerprint density at radius 3 is 1.97 bits per heavy atom. The lowest BCUT2D eigenvalue weighted by Gasteiger charge is -2.13. The minimum atomic E-state index is -0.566. The SMILES string of the molecule is COc1ccc(/C=C2\N=C(c3cc(OC)c(OC)c(OC)c3)OC2=O)cc1OC. The van der Waals surface area contributed by atoms with Crippen molar-refractivity contribution in [3.8, 4) is 28.7 Å². The molecule has 0 aliphatic carbocycles. The van der Waals surface area contributed by atoms with Crippen LogP contribution in [0.2, 0.25) is 0 Å². The van der Waals surface area contributed by atoms with Gasteiger partial charge in [0.2, 0.25) is 11.6 Å². The summed E-state index contributed by atoms with van der Waals surface area (Å²) in [5.41, 5.74) is 1.38. The van der Waals surface area contributed by atoms with Gasteiger partial charge in [-0.3, -0.25) is 0 Å². The molecule has 0 radical (unpaired) electrons. The second-order valence-corrected chi connectivity index (χ2v) is 5.86. The first-order valence-electron chi connectivity index (χ1n) is 8.59. The van der Waals surface area contributed by atoms with E-state index >= 15 is 0 Å². The maximum Gasteiger partial charge on any atom is 0.363 e. The quantitative estimate of drug-likeness (QED) is 0.522. The number of aliphatic imine (C=N–C) groups is 1. The molecule has 2 aromatic rings. The molecule has 2 aromatic carbocycles. The zero-order valence-electron chi connectivity index (χ0n) is 16.8. The second-order valence-electron chi connectivity index (χ2n) is 5.86. The van der Waals surface area contributed by atoms with Crippen LogP contribution in [-0.4, -0.2) is 47.4 Å². The Labute approximate surface area is 168 Å². The Morgan fingerprint density at radius 2 is 1.41 bits per heavy atom. The lowest BCUT2D eigenvalue weighted by atomic mass is 10.1. The first kappa shape index (κ1) is 20.1. The zero-order chi connectivity index (χ0) is 21.0. The van der Waals surface area contributed by atoms with E-state index in [1.165, 1.54) is 21.3 Å². The first-order valence-corrected chi connectivity index (χ1v) is 8.59. The smallest absolute Gasteiger partial charge is 0.363 e. The van der Waals surface area contributed by atoms with Gasteiger partial charge in [-0.15, -0.1) is 0 Å². The van der Waals surface area contributed by atoms with Crippen molar-refractivity contribution in [3.05, 3.63) is 47.2 Å². The van der Waals surface area contributed by atoms with Crippen molar-refractivity contribution in [2.75, 3.05) is 35.5 Å². The normalized spacial score (nSPS) is 14.3. The molecule has 0 N–H and O–H groups in total. The summed E-state index contributed by atoms with van der Waals surface area (Å²) in [4.78, 5) is 16.6. The van der Waals surface area contributed by atoms with Gasteiger partial charge >= 0.3 is 5.97 Å². The molecule has 0 atom stereocenters. The van der Waals surface area contributed by atoms with Gasteiger partial charge in [-0.2, -0.15) is 0 Å². The molecule has 152 valence electrons. The van der Waals surface area contributed by atoms with Crippen molar-refractivity contribution in [2.24, 2.45) is 4.99 Å². The summed E-state index contributed by atoms with van der Waals surface area (Å²) in [6.45, 7) is 0. The molecule has 29 heavy (non-hydrogen) atoms. The molecule has 1 aliphatic heterocycles. The van der Waals surface area contributed by atoms with Gasteiger partial charge in [-0.25, -0.2) is 9.79 Å². The van der Waals surface area contributed by atoms with Crippen LogP contribution in [0.25, 0.3) is 6.08 Å². The molecule has 3 rings (SSSR count). The second kappa shape index (κ2) is 8.55. The maximum absolute atomic E-state index is 12.3. The highest BCUT2D eigenvalue weighted by molar-refractivity contribution is 6.13. The van der Waals surface area contributed by atoms with Crippen LogP contribution >= 0.6 is 0 Å². The topological polar surface area (TPSA) is 84.8 Å². The summed E-state index contributed by atoms with van der Waals surface area (Å²) in [7, 11) is 7.62. The molecule has 0 saturated heterocycles. The lowest BCUT2D eigenvalue weighted by molar-refractivity contribution is -0.129. The maximum atomic E-state index is 12.3. The van der Waals surface area contributed by atoms with E-state index in [-0.39, 0.29) is 11.6 Å². The van der Waals surface area contributed by atoms with E-state index in [2.05, 4.69) is 4.99 Å². The van der Waals surface area contributed by atoms with Crippen LogP contribution in [0.5, 0.6) is 28.7 Å². The molecular weight excluding hydrogens is 378 g/mol. The summed E-state index contributed by atoms with van der Waals surface area (Å²) < 4.78 is 31.8. The van der Waals surface area contributed by atoms with Gasteiger partial charge < -0.3 is 28.4 Å². The standard InChI is InChI=1S/C21H21NO7/c1-24-15-7-6-12(9-16(15)25-2)8-14-21(23)29-20(22-14)13-10-17(26-3)19(28-5)18(11-13)27-4/h6-11H,1-5H3/b14-8-. The number of nitrogens with zero attached hydrogens (tertiary/aromatic N) is 1. The number of benzene rings is 2. The van der Waals surface area contributed by atoms with Crippen molar-refractivity contribution < 1.29 is 33.2 Å². The van der Waals surface area contributed by atoms with Gasteiger partial charge in [0.25, 0.3) is 0 Å². The Balaban J connectivity index is 1.99. The highest BCUT2D eigenvalue weighted by Crippen LogP contribution is 2.39. The van der Waals surface area contributed by atoms with Crippen LogP contribution in [0, 0.1) is 0 Å². The Bertz CT molecular complexity index is 970. The Morgan fingerprint density at radius 1 is 0.793 bits per heavy atom. The Kier molecular flexibility index (Phi) is 5.92. The summed E-state index contributed by atoms with van der Waals surface area (Å²) in [5, 5.41) is 0. The number of rotatable bonds is 7. The van der Waals surface area contributed by atoms with Crippen molar-refractivity contribution in [3.63, 3.8) is 0 Å². The van der Waals surface area contributed by atoms with Crippen LogP contribution in [0.15, 0.2) is 41.0 Å². The van der Waals surface area contributed by atoms with E-state index in [1.807, 2.05) is 0 Å². The largest absolute Gasteiger partial charge is 0.493 e. The highest BCUT2D eigenvalue weighted by Gasteiger charge is 2.26. The molecule has 8 heteroatoms. The molecule has 1 heterocycles. The molecule has 8 nitrogen and oxygen atoms in total. The van der Waals surface area contributed by atoms with E-state index in [0.29, 0.717) is 39.9 Å². The Hall–Kier alpha value is -3.68. The van der Waals surface area contributed by atoms with Gasteiger partial charge in [0, 0.05) is 5.56 Å². The van der Waals surface area contributed by atoms with Crippen molar-refractivity contribution in [2.45, 2.75) is 0 Å². The van der Waals surface area contributed by atoms with E-state index in [0.717, 1.165) is 0 Å². The molecule has 0 unspecified atom stereocenters. The van der Waals surface area contributed by atoms with Crippen LogP contribution in [0.4, 0.5) is 0 Å². The minimum Gasteiger partial charge on any atom is -0.493 e. The fraction of sp³-hybridized carbons (Fsp3) is 0.238. The summed E-state index contributed by atoms with van der Waals surface area (Å²) in [5.74, 6) is 2.00. The number of hydrogen-bond acceptors (Lipinski definition) is 8. The predicted molar refractivity (Wildman–Crippen MR) is 106 cm³/mol. The summed E-state index contributed by atoms with van der Waals surface area (Å²) in [6.07, 6.45) is 1.61. The van der Waals surface area contributed by atoms with E-state index in [4.69, 9.17) is 28.4 Å². The molecule has 0 bridgehead atoms. The monoisotopic (exact) mass is 399 g/mol. The van der Waals surface area contributed by atoms with Crippen LogP contribution in [0.1, 0.15) is 11.1 Å². The average molecular weight is 399 g/mol. The van der Waals surface area contributed by atoms with Gasteiger partial charge in [0.05, 0.1) is 35.5 Å². The molecule has 1 aliphatic rings. The molecule has 0 spiro atoms. The van der Waals surface area contributed by atoms with Crippen molar-refractivity contribution >= 4 is 17.9 Å². The summed E-state index contributed by atoms with van der Waals surface area (Å²) >= 11 is 0. The fourth-order valence-electron chi connectivity index (χ4n) is 2.84. The van der Waals surface area contributed by atoms with Crippen molar-refractivity contribution in [1.29, 1.82) is 0 Å². The minimum absolute atomic E-state index is 0.140. The lowest BCUT2D eigenvalue weighted by Crippen LogP contribution is -2.06. The predicted octanol–water partition coefficient (Wildman–Crippen LogP) is 3.07. The number of methoxy groups -OCH3 is 5. The third kappa shape index (κ3) is 3.96. The summed E-state index contributed by atoms with van der Waals surface area (Å²) in [6, 6.07) is 8.59. The van der Waals surface area contributed by atoms with Gasteiger partial charge in [0.1, 0.15) is 0 Å². The fourth-order valence-corrected chi connectivity index (χ4v) is 2.84. The number of ether oxygens (including phenoxy) is 6. The van der Waals surface area contributed by atoms with Gasteiger partial charge in [-0.1, -0.05) is 6.07 Å². The molecule has 0 amide bonds. The average Bonchev–Trinajstić information content (AvgIpc) is 3.12. The number of carbonyl (C=O) groups is 1. The highest BCUT2D eigenvalue weighted by atomic mass is 16.6. The van der Waals surface area contributed by atoms with E-state index < -0.39 is 5.97 Å². The van der Waals surface area contributed by atoms with Gasteiger partial charge in [0.15, 0.2) is 28.7 Å². The molecular formula is C21H21NO7. The van der Waals surface area contributed by atoms with Gasteiger partial charge in [-0.05, 0) is 35.9 Å². The zero-order valence-corrected chi connectivity index (χ0v) is 16.8. The van der Waals surface area contributed by atoms with Crippen molar-refractivity contribution in [1.82, 2.24) is 0 Å². The molecule has 0 saturated carbocycles. The third-order valence-corrected chi connectivity index (χ3v) is 4.24.